The lowest BCUT2D eigenvalue weighted by Crippen LogP contribution is -2.58. The summed E-state index contributed by atoms with van der Waals surface area (Å²) in [7, 11) is -2.06. The number of ether oxygens (including phenoxy) is 4. The van der Waals surface area contributed by atoms with Gasteiger partial charge in [0.25, 0.3) is 0 Å². The molecule has 2 saturated heterocycles. The van der Waals surface area contributed by atoms with Gasteiger partial charge in [-0.15, -0.1) is 11.3 Å². The number of hydrogen-bond donors (Lipinski definition) is 4. The fourth-order valence-corrected chi connectivity index (χ4v) is 12.3. The summed E-state index contributed by atoms with van der Waals surface area (Å²) >= 11 is 1.57. The van der Waals surface area contributed by atoms with Gasteiger partial charge in [0.2, 0.25) is 17.7 Å². The lowest BCUT2D eigenvalue weighted by Gasteiger charge is -2.44. The quantitative estimate of drug-likeness (QED) is 0.0574. The molecule has 0 radical (unpaired) electrons. The topological polar surface area (TPSA) is 204 Å². The van der Waals surface area contributed by atoms with Crippen molar-refractivity contribution in [2.24, 2.45) is 29.1 Å². The predicted octanol–water partition coefficient (Wildman–Crippen LogP) is 7.64. The van der Waals surface area contributed by atoms with Gasteiger partial charge in [-0.3, -0.25) is 19.2 Å². The van der Waals surface area contributed by atoms with Crippen LogP contribution in [0.15, 0.2) is 53.6 Å². The van der Waals surface area contributed by atoms with Crippen molar-refractivity contribution in [2.75, 3.05) is 39.5 Å². The number of likely N-dealkylation sites (tertiary alicyclic amines) is 1. The highest BCUT2D eigenvalue weighted by atomic mass is 32.1. The van der Waals surface area contributed by atoms with Gasteiger partial charge < -0.3 is 49.3 Å². The number of allylic oxidation sites excluding steroid dienone is 3. The molecule has 4 aliphatic rings. The molecule has 398 valence electrons. The van der Waals surface area contributed by atoms with Gasteiger partial charge in [0.05, 0.1) is 54.5 Å². The number of nitrogens with one attached hydrogen (secondary N) is 3. The average molecular weight is 1040 g/mol. The highest BCUT2D eigenvalue weighted by molar-refractivity contribution is 7.13. The molecule has 3 heterocycles. The number of amides is 4. The molecule has 0 bridgehead atoms. The number of β-amino-alcohol motifs (C(OH)–C–C–N with tert-alkyl or cyclic N) is 1. The molecular formula is C54H81N5O11SSi. The molecule has 0 unspecified atom stereocenters. The number of alkyl carbamates (subject to hydrolysis) is 1. The minimum atomic E-state index is -2.06. The zero-order chi connectivity index (χ0) is 52.5. The van der Waals surface area contributed by atoms with E-state index in [0.29, 0.717) is 19.3 Å². The van der Waals surface area contributed by atoms with Crippen molar-refractivity contribution in [3.05, 3.63) is 64.8 Å². The Kier molecular flexibility index (Phi) is 19.5. The molecule has 6 rings (SSSR count). The fourth-order valence-electron chi connectivity index (χ4n) is 10.1. The Morgan fingerprint density at radius 1 is 0.972 bits per heavy atom. The van der Waals surface area contributed by atoms with Crippen LogP contribution >= 0.6 is 11.3 Å². The molecule has 2 aromatic rings. The Labute approximate surface area is 431 Å². The molecule has 1 aromatic heterocycles. The maximum Gasteiger partial charge on any atom is 0.407 e. The number of aryl methyl sites for hydroxylation is 1. The Morgan fingerprint density at radius 2 is 1.69 bits per heavy atom. The molecule has 72 heavy (non-hydrogen) atoms. The van der Waals surface area contributed by atoms with Gasteiger partial charge in [-0.05, 0) is 84.2 Å². The molecule has 16 nitrogen and oxygen atoms in total. The number of nitrogens with zero attached hydrogens (tertiary/aromatic N) is 2. The van der Waals surface area contributed by atoms with Gasteiger partial charge in [-0.2, -0.15) is 0 Å². The van der Waals surface area contributed by atoms with Gasteiger partial charge in [-0.25, -0.2) is 9.78 Å². The number of cyclic esters (lactones) is 1. The first-order chi connectivity index (χ1) is 33.9. The highest BCUT2D eigenvalue weighted by Crippen LogP contribution is 2.46. The Hall–Kier alpha value is -4.46. The van der Waals surface area contributed by atoms with E-state index in [-0.39, 0.29) is 118 Å². The normalized spacial score (nSPS) is 26.0. The second-order valence-corrected chi connectivity index (χ2v) is 28.5. The van der Waals surface area contributed by atoms with Crippen LogP contribution in [0.4, 0.5) is 4.79 Å². The number of fused-ring (bicyclic) bond motifs is 1. The summed E-state index contributed by atoms with van der Waals surface area (Å²) in [5.41, 5.74) is 5.15. The summed E-state index contributed by atoms with van der Waals surface area (Å²) in [4.78, 5) is 73.4. The van der Waals surface area contributed by atoms with Gasteiger partial charge in [-0.1, -0.05) is 97.9 Å². The SMILES string of the molecule is Cc1ncsc1-c1ccc(CNC(=O)[C@@H]2C[C@@H](O)CN2C(=O)[C@@H](NC(=O)COCCOCCNC(=O)O[C@H]2C[C@@H](C)C=C3C=C[C@H](C)[C@H](CC[C@@H]4C[C@@H](O[Si](C)(C)C(C)(C)C)CC(=O)O4)[C@H]32)C(C)(C)C)cc1. The number of aliphatic hydroxyl groups is 1. The van der Waals surface area contributed by atoms with E-state index in [0.717, 1.165) is 28.1 Å². The third-order valence-electron chi connectivity index (χ3n) is 15.0. The number of hydrogen-bond acceptors (Lipinski definition) is 13. The van der Waals surface area contributed by atoms with Crippen LogP contribution in [-0.4, -0.2) is 129 Å². The standard InChI is InChI=1S/C54H81N5O11SSi/c1-33-24-38-15-12-34(2)42(19-18-40-27-41(28-46(62)68-40)70-72(10,11)54(7,8)9)47(38)44(25-33)69-52(65)55-20-21-66-22-23-67-31-45(61)58-49(53(4,5)6)51(64)59-30-39(60)26-43(59)50(63)56-29-36-13-16-37(17-14-36)48-35(3)57-32-71-48/h12-17,24,32-34,39-44,47,49,60H,18-23,25-31H2,1-11H3,(H,55,65)(H,56,63)(H,58,61)/t33-,34-,39+,40+,41+,42-,43-,44-,47-,49+/m0/s1. The van der Waals surface area contributed by atoms with Crippen molar-refractivity contribution in [3.8, 4) is 10.4 Å². The Balaban J connectivity index is 0.901. The number of aromatic nitrogens is 1. The molecule has 10 atom stereocenters. The number of thiazole rings is 1. The van der Waals surface area contributed by atoms with Crippen molar-refractivity contribution in [3.63, 3.8) is 0 Å². The van der Waals surface area contributed by atoms with Gasteiger partial charge in [0, 0.05) is 38.4 Å². The number of esters is 1. The first-order valence-electron chi connectivity index (χ1n) is 25.8. The monoisotopic (exact) mass is 1040 g/mol. The van der Waals surface area contributed by atoms with E-state index in [1.807, 2.05) is 57.5 Å². The molecule has 18 heteroatoms. The van der Waals surface area contributed by atoms with E-state index < -0.39 is 49.8 Å². The van der Waals surface area contributed by atoms with Crippen LogP contribution in [0.2, 0.25) is 18.1 Å². The third-order valence-corrected chi connectivity index (χ3v) is 20.5. The molecule has 2 aliphatic heterocycles. The van der Waals surface area contributed by atoms with Crippen molar-refractivity contribution >= 4 is 49.4 Å². The van der Waals surface area contributed by atoms with Crippen LogP contribution in [0.25, 0.3) is 10.4 Å². The summed E-state index contributed by atoms with van der Waals surface area (Å²) in [6.45, 7) is 23.4. The summed E-state index contributed by atoms with van der Waals surface area (Å²) < 4.78 is 30.0. The van der Waals surface area contributed by atoms with Crippen LogP contribution in [0, 0.1) is 36.0 Å². The van der Waals surface area contributed by atoms with Gasteiger partial charge in [0.15, 0.2) is 8.32 Å². The number of carbonyl (C=O) groups is 5. The highest BCUT2D eigenvalue weighted by Gasteiger charge is 2.46. The zero-order valence-corrected chi connectivity index (χ0v) is 46.2. The molecule has 2 aliphatic carbocycles. The lowest BCUT2D eigenvalue weighted by molar-refractivity contribution is -0.160. The van der Waals surface area contributed by atoms with Crippen molar-refractivity contribution < 1.29 is 52.5 Å². The molecule has 1 aromatic carbocycles. The summed E-state index contributed by atoms with van der Waals surface area (Å²) in [5, 5.41) is 19.2. The van der Waals surface area contributed by atoms with Gasteiger partial charge >= 0.3 is 12.1 Å². The average Bonchev–Trinajstić information content (AvgIpc) is 3.91. The summed E-state index contributed by atoms with van der Waals surface area (Å²) in [6, 6.07) is 5.95. The lowest BCUT2D eigenvalue weighted by atomic mass is 9.65. The van der Waals surface area contributed by atoms with Crippen molar-refractivity contribution in [2.45, 2.75) is 162 Å². The fraction of sp³-hybridized carbons (Fsp3) is 0.667. The molecule has 4 N–H and O–H groups in total. The maximum atomic E-state index is 14.0. The first-order valence-corrected chi connectivity index (χ1v) is 29.6. The van der Waals surface area contributed by atoms with E-state index >= 15 is 0 Å². The smallest absolute Gasteiger partial charge is 0.407 e. The second-order valence-electron chi connectivity index (χ2n) is 22.9. The van der Waals surface area contributed by atoms with E-state index in [9.17, 15) is 29.1 Å². The van der Waals surface area contributed by atoms with Crippen LogP contribution in [0.3, 0.4) is 0 Å². The van der Waals surface area contributed by atoms with Gasteiger partial charge in [0.1, 0.15) is 30.9 Å². The third kappa shape index (κ3) is 15.3. The van der Waals surface area contributed by atoms with E-state index in [1.165, 1.54) is 10.5 Å². The van der Waals surface area contributed by atoms with Crippen LogP contribution in [0.5, 0.6) is 0 Å². The van der Waals surface area contributed by atoms with Crippen molar-refractivity contribution in [1.82, 2.24) is 25.8 Å². The zero-order valence-electron chi connectivity index (χ0n) is 44.4. The molecule has 0 spiro atoms. The molecule has 0 saturated carbocycles. The largest absolute Gasteiger partial charge is 0.462 e. The summed E-state index contributed by atoms with van der Waals surface area (Å²) in [6.07, 6.45) is 7.92. The van der Waals surface area contributed by atoms with E-state index in [1.54, 1.807) is 11.3 Å². The number of rotatable bonds is 20. The number of carbonyl (C=O) groups excluding carboxylic acids is 5. The minimum absolute atomic E-state index is 0.0179. The molecular weight excluding hydrogens is 955 g/mol. The Morgan fingerprint density at radius 3 is 2.38 bits per heavy atom. The summed E-state index contributed by atoms with van der Waals surface area (Å²) in [5.74, 6) is -0.865. The molecule has 2 fully saturated rings. The van der Waals surface area contributed by atoms with E-state index in [2.05, 4.69) is 86.9 Å². The van der Waals surface area contributed by atoms with Crippen LogP contribution < -0.4 is 16.0 Å². The Bertz CT molecular complexity index is 2250. The van der Waals surface area contributed by atoms with Crippen molar-refractivity contribution in [1.29, 1.82) is 0 Å². The first kappa shape index (κ1) is 56.8. The predicted molar refractivity (Wildman–Crippen MR) is 279 cm³/mol. The van der Waals surface area contributed by atoms with Crippen LogP contribution in [-0.2, 0) is 49.1 Å². The van der Waals surface area contributed by atoms with E-state index in [4.69, 9.17) is 23.4 Å². The van der Waals surface area contributed by atoms with Crippen LogP contribution in [0.1, 0.15) is 105 Å². The minimum Gasteiger partial charge on any atom is -0.462 e. The maximum absolute atomic E-state index is 14.0. The second kappa shape index (κ2) is 24.7. The number of aliphatic hydroxyl groups excluding tert-OH is 1. The molecule has 4 amide bonds. The number of benzene rings is 1.